The second kappa shape index (κ2) is 9.36. The Hall–Kier alpha value is -2.45. The lowest BCUT2D eigenvalue weighted by atomic mass is 10.0. The summed E-state index contributed by atoms with van der Waals surface area (Å²) in [6.07, 6.45) is 4.95. The van der Waals surface area contributed by atoms with Crippen molar-refractivity contribution in [1.29, 1.82) is 0 Å². The molecule has 2 heterocycles. The predicted molar refractivity (Wildman–Crippen MR) is 118 cm³/mol. The van der Waals surface area contributed by atoms with Gasteiger partial charge in [-0.3, -0.25) is 9.52 Å². The minimum absolute atomic E-state index is 0.00881. The van der Waals surface area contributed by atoms with E-state index in [1.165, 1.54) is 38.1 Å². The quantitative estimate of drug-likeness (QED) is 0.741. The molecule has 4 rings (SSSR count). The highest BCUT2D eigenvalue weighted by Crippen LogP contribution is 2.22. The van der Waals surface area contributed by atoms with Crippen molar-refractivity contribution in [3.8, 4) is 0 Å². The van der Waals surface area contributed by atoms with Gasteiger partial charge in [0.2, 0.25) is 5.91 Å². The molecular weight excluding hydrogens is 417 g/mol. The maximum Gasteiger partial charge on any atom is 0.261 e. The minimum atomic E-state index is -3.79. The molecule has 2 aliphatic heterocycles. The normalized spacial score (nSPS) is 18.3. The van der Waals surface area contributed by atoms with E-state index < -0.39 is 15.8 Å². The molecular formula is C23H28FN3O3S. The first-order chi connectivity index (χ1) is 14.9. The lowest BCUT2D eigenvalue weighted by Gasteiger charge is -2.36. The van der Waals surface area contributed by atoms with E-state index in [1.54, 1.807) is 24.3 Å². The second-order valence-electron chi connectivity index (χ2n) is 8.29. The number of likely N-dealkylation sites (tertiary alicyclic amines) is 2. The number of amides is 1. The number of hydrogen-bond donors (Lipinski definition) is 1. The van der Waals surface area contributed by atoms with E-state index >= 15 is 0 Å². The number of nitrogens with zero attached hydrogens (tertiary/aromatic N) is 2. The van der Waals surface area contributed by atoms with Crippen molar-refractivity contribution in [2.24, 2.45) is 0 Å². The van der Waals surface area contributed by atoms with Crippen LogP contribution < -0.4 is 4.72 Å². The average molecular weight is 446 g/mol. The topological polar surface area (TPSA) is 69.7 Å². The molecule has 0 spiro atoms. The Morgan fingerprint density at radius 1 is 0.935 bits per heavy atom. The maximum atomic E-state index is 13.0. The number of carbonyl (C=O) groups excluding carboxylic acids is 1. The number of hydrogen-bond acceptors (Lipinski definition) is 4. The van der Waals surface area contributed by atoms with Crippen molar-refractivity contribution in [3.63, 3.8) is 0 Å². The minimum Gasteiger partial charge on any atom is -0.342 e. The van der Waals surface area contributed by atoms with Crippen LogP contribution in [0.25, 0.3) is 0 Å². The Bertz CT molecular complexity index is 995. The fourth-order valence-electron chi connectivity index (χ4n) is 4.39. The highest BCUT2D eigenvalue weighted by molar-refractivity contribution is 7.92. The highest BCUT2D eigenvalue weighted by Gasteiger charge is 2.28. The molecule has 0 radical (unpaired) electrons. The van der Waals surface area contributed by atoms with Crippen LogP contribution >= 0.6 is 0 Å². The standard InChI is InChI=1S/C23H28FN3O3S/c24-19-5-9-22(10-6-19)31(29,30)25-20-7-3-18(4-8-20)17-23(28)27-15-11-21(12-16-27)26-13-1-2-14-26/h3-10,21,25H,1-2,11-17H2. The molecule has 31 heavy (non-hydrogen) atoms. The van der Waals surface area contributed by atoms with Crippen molar-refractivity contribution in [1.82, 2.24) is 9.80 Å². The van der Waals surface area contributed by atoms with Crippen LogP contribution in [0.3, 0.4) is 0 Å². The monoisotopic (exact) mass is 445 g/mol. The van der Waals surface area contributed by atoms with Gasteiger partial charge in [-0.25, -0.2) is 12.8 Å². The SMILES string of the molecule is O=C(Cc1ccc(NS(=O)(=O)c2ccc(F)cc2)cc1)N1CCC(N2CCCC2)CC1. The molecule has 166 valence electrons. The van der Waals surface area contributed by atoms with Crippen LogP contribution in [0.5, 0.6) is 0 Å². The highest BCUT2D eigenvalue weighted by atomic mass is 32.2. The molecule has 1 N–H and O–H groups in total. The van der Waals surface area contributed by atoms with Crippen molar-refractivity contribution >= 4 is 21.6 Å². The van der Waals surface area contributed by atoms with Gasteiger partial charge < -0.3 is 9.80 Å². The van der Waals surface area contributed by atoms with E-state index in [9.17, 15) is 17.6 Å². The molecule has 6 nitrogen and oxygen atoms in total. The Kier molecular flexibility index (Phi) is 6.57. The molecule has 2 fully saturated rings. The van der Waals surface area contributed by atoms with E-state index in [0.717, 1.165) is 43.6 Å². The largest absolute Gasteiger partial charge is 0.342 e. The number of rotatable bonds is 6. The summed E-state index contributed by atoms with van der Waals surface area (Å²) >= 11 is 0. The first-order valence-corrected chi connectivity index (χ1v) is 12.3. The first-order valence-electron chi connectivity index (χ1n) is 10.8. The molecule has 2 aliphatic rings. The predicted octanol–water partition coefficient (Wildman–Crippen LogP) is 3.26. The number of sulfonamides is 1. The van der Waals surface area contributed by atoms with Gasteiger partial charge in [-0.2, -0.15) is 0 Å². The van der Waals surface area contributed by atoms with Crippen LogP contribution in [-0.4, -0.2) is 56.3 Å². The van der Waals surface area contributed by atoms with Crippen LogP contribution in [0, 0.1) is 5.82 Å². The lowest BCUT2D eigenvalue weighted by Crippen LogP contribution is -2.46. The fraction of sp³-hybridized carbons (Fsp3) is 0.435. The molecule has 0 saturated carbocycles. The third-order valence-corrected chi connectivity index (χ3v) is 7.56. The van der Waals surface area contributed by atoms with Crippen molar-refractivity contribution in [2.45, 2.75) is 43.0 Å². The summed E-state index contributed by atoms with van der Waals surface area (Å²) in [5.74, 6) is -0.382. The summed E-state index contributed by atoms with van der Waals surface area (Å²) in [5, 5.41) is 0. The number of carbonyl (C=O) groups is 1. The zero-order valence-corrected chi connectivity index (χ0v) is 18.3. The third kappa shape index (κ3) is 5.43. The Morgan fingerprint density at radius 3 is 2.16 bits per heavy atom. The van der Waals surface area contributed by atoms with Crippen LogP contribution in [0.4, 0.5) is 10.1 Å². The zero-order chi connectivity index (χ0) is 21.8. The molecule has 0 aliphatic carbocycles. The van der Waals surface area contributed by atoms with E-state index in [-0.39, 0.29) is 10.8 Å². The Labute approximate surface area is 183 Å². The van der Waals surface area contributed by atoms with Gasteiger partial charge in [0, 0.05) is 24.8 Å². The summed E-state index contributed by atoms with van der Waals surface area (Å²) in [4.78, 5) is 17.2. The van der Waals surface area contributed by atoms with Crippen molar-refractivity contribution < 1.29 is 17.6 Å². The average Bonchev–Trinajstić information content (AvgIpc) is 3.30. The number of anilines is 1. The van der Waals surface area contributed by atoms with Crippen LogP contribution in [0.2, 0.25) is 0 Å². The van der Waals surface area contributed by atoms with Crippen molar-refractivity contribution in [2.75, 3.05) is 30.9 Å². The van der Waals surface area contributed by atoms with Gasteiger partial charge in [-0.15, -0.1) is 0 Å². The lowest BCUT2D eigenvalue weighted by molar-refractivity contribution is -0.132. The molecule has 2 saturated heterocycles. The molecule has 0 aromatic heterocycles. The Morgan fingerprint density at radius 2 is 1.55 bits per heavy atom. The summed E-state index contributed by atoms with van der Waals surface area (Å²) in [6.45, 7) is 3.98. The van der Waals surface area contributed by atoms with Gasteiger partial charge in [0.1, 0.15) is 5.82 Å². The van der Waals surface area contributed by atoms with Gasteiger partial charge in [-0.1, -0.05) is 12.1 Å². The molecule has 2 aromatic rings. The van der Waals surface area contributed by atoms with E-state index in [2.05, 4.69) is 9.62 Å². The molecule has 0 bridgehead atoms. The zero-order valence-electron chi connectivity index (χ0n) is 17.5. The van der Waals surface area contributed by atoms with E-state index in [1.807, 2.05) is 4.90 Å². The second-order valence-corrected chi connectivity index (χ2v) is 9.97. The van der Waals surface area contributed by atoms with Crippen molar-refractivity contribution in [3.05, 3.63) is 59.9 Å². The molecule has 1 amide bonds. The number of nitrogens with one attached hydrogen (secondary N) is 1. The Balaban J connectivity index is 1.30. The first kappa shape index (κ1) is 21.8. The number of benzene rings is 2. The molecule has 0 unspecified atom stereocenters. The van der Waals surface area contributed by atoms with Gasteiger partial charge in [0.05, 0.1) is 11.3 Å². The summed E-state index contributed by atoms with van der Waals surface area (Å²) in [7, 11) is -3.79. The smallest absolute Gasteiger partial charge is 0.261 e. The summed E-state index contributed by atoms with van der Waals surface area (Å²) in [6, 6.07) is 12.1. The van der Waals surface area contributed by atoms with Gasteiger partial charge in [-0.05, 0) is 80.7 Å². The van der Waals surface area contributed by atoms with Crippen LogP contribution in [0.15, 0.2) is 53.4 Å². The number of halogens is 1. The molecule has 8 heteroatoms. The summed E-state index contributed by atoms with van der Waals surface area (Å²) < 4.78 is 40.3. The third-order valence-electron chi connectivity index (χ3n) is 6.16. The molecule has 2 aromatic carbocycles. The van der Waals surface area contributed by atoms with Crippen LogP contribution in [-0.2, 0) is 21.2 Å². The molecule has 0 atom stereocenters. The van der Waals surface area contributed by atoms with E-state index in [0.29, 0.717) is 18.2 Å². The maximum absolute atomic E-state index is 13.0. The van der Waals surface area contributed by atoms with E-state index in [4.69, 9.17) is 0 Å². The van der Waals surface area contributed by atoms with Gasteiger partial charge >= 0.3 is 0 Å². The van der Waals surface area contributed by atoms with Gasteiger partial charge in [0.15, 0.2) is 0 Å². The fourth-order valence-corrected chi connectivity index (χ4v) is 5.45. The number of piperidine rings is 1. The van der Waals surface area contributed by atoms with Gasteiger partial charge in [0.25, 0.3) is 10.0 Å². The summed E-state index contributed by atoms with van der Waals surface area (Å²) in [5.41, 5.74) is 1.24. The van der Waals surface area contributed by atoms with Crippen LogP contribution in [0.1, 0.15) is 31.2 Å².